The van der Waals surface area contributed by atoms with Crippen molar-refractivity contribution in [1.82, 2.24) is 0 Å². The fourth-order valence-corrected chi connectivity index (χ4v) is 2.34. The van der Waals surface area contributed by atoms with Gasteiger partial charge in [0.25, 0.3) is 0 Å². The number of rotatable bonds is 5. The zero-order chi connectivity index (χ0) is 17.8. The lowest BCUT2D eigenvalue weighted by atomic mass is 10.1. The van der Waals surface area contributed by atoms with Gasteiger partial charge in [0.15, 0.2) is 6.61 Å². The lowest BCUT2D eigenvalue weighted by Gasteiger charge is -2.08. The number of carbonyl (C=O) groups excluding carboxylic acids is 1. The van der Waals surface area contributed by atoms with Crippen LogP contribution in [0, 0.1) is 6.92 Å². The van der Waals surface area contributed by atoms with Crippen LogP contribution in [0.2, 0.25) is 0 Å². The van der Waals surface area contributed by atoms with Gasteiger partial charge in [-0.1, -0.05) is 0 Å². The summed E-state index contributed by atoms with van der Waals surface area (Å²) in [7, 11) is 1.56. The molecule has 1 heterocycles. The highest BCUT2D eigenvalue weighted by Gasteiger charge is 2.08. The lowest BCUT2D eigenvalue weighted by Crippen LogP contribution is -2.17. The molecule has 3 rings (SSSR count). The van der Waals surface area contributed by atoms with Crippen molar-refractivity contribution in [1.29, 1.82) is 0 Å². The molecule has 0 fully saturated rings. The minimum Gasteiger partial charge on any atom is -0.497 e. The van der Waals surface area contributed by atoms with Crippen LogP contribution in [-0.4, -0.2) is 19.7 Å². The maximum atomic E-state index is 11.9. The van der Waals surface area contributed by atoms with Crippen molar-refractivity contribution >= 4 is 16.9 Å². The van der Waals surface area contributed by atoms with Crippen LogP contribution in [0.15, 0.2) is 57.7 Å². The Morgan fingerprint density at radius 2 is 1.68 bits per heavy atom. The van der Waals surface area contributed by atoms with Crippen molar-refractivity contribution in [3.05, 3.63) is 64.5 Å². The number of carbonyl (C=O) groups is 1. The molecule has 3 aromatic rings. The monoisotopic (exact) mass is 340 g/mol. The first-order valence-corrected chi connectivity index (χ1v) is 7.57. The molecule has 0 aliphatic rings. The van der Waals surface area contributed by atoms with E-state index in [0.717, 1.165) is 10.9 Å². The van der Waals surface area contributed by atoms with Gasteiger partial charge in [-0.25, -0.2) is 9.59 Å². The zero-order valence-corrected chi connectivity index (χ0v) is 13.8. The Balaban J connectivity index is 1.65. The van der Waals surface area contributed by atoms with Gasteiger partial charge in [0, 0.05) is 17.5 Å². The van der Waals surface area contributed by atoms with Crippen LogP contribution >= 0.6 is 0 Å². The Labute approximate surface area is 143 Å². The molecule has 25 heavy (non-hydrogen) atoms. The van der Waals surface area contributed by atoms with Gasteiger partial charge in [-0.2, -0.15) is 0 Å². The van der Waals surface area contributed by atoms with Crippen molar-refractivity contribution in [3.8, 4) is 17.2 Å². The predicted molar refractivity (Wildman–Crippen MR) is 91.3 cm³/mol. The minimum absolute atomic E-state index is 0.270. The largest absolute Gasteiger partial charge is 0.497 e. The van der Waals surface area contributed by atoms with E-state index < -0.39 is 11.6 Å². The quantitative estimate of drug-likeness (QED) is 0.404. The Kier molecular flexibility index (Phi) is 4.70. The van der Waals surface area contributed by atoms with Gasteiger partial charge in [-0.05, 0) is 48.9 Å². The average molecular weight is 340 g/mol. The predicted octanol–water partition coefficient (Wildman–Crippen LogP) is 3.09. The molecule has 0 aliphatic heterocycles. The van der Waals surface area contributed by atoms with E-state index in [-0.39, 0.29) is 6.61 Å². The van der Waals surface area contributed by atoms with Gasteiger partial charge in [0.2, 0.25) is 0 Å². The molecule has 0 saturated carbocycles. The number of esters is 1. The molecule has 0 atom stereocenters. The molecular formula is C19H16O6. The highest BCUT2D eigenvalue weighted by atomic mass is 16.6. The summed E-state index contributed by atoms with van der Waals surface area (Å²) < 4.78 is 20.8. The van der Waals surface area contributed by atoms with Gasteiger partial charge in [-0.15, -0.1) is 0 Å². The molecule has 0 radical (unpaired) electrons. The van der Waals surface area contributed by atoms with Gasteiger partial charge in [0.05, 0.1) is 7.11 Å². The first-order valence-electron chi connectivity index (χ1n) is 7.57. The van der Waals surface area contributed by atoms with E-state index in [0.29, 0.717) is 22.8 Å². The first-order chi connectivity index (χ1) is 12.0. The van der Waals surface area contributed by atoms with Crippen LogP contribution in [0.3, 0.4) is 0 Å². The van der Waals surface area contributed by atoms with Crippen LogP contribution in [0.5, 0.6) is 17.2 Å². The highest BCUT2D eigenvalue weighted by Crippen LogP contribution is 2.22. The summed E-state index contributed by atoms with van der Waals surface area (Å²) in [6, 6.07) is 13.1. The van der Waals surface area contributed by atoms with Crippen molar-refractivity contribution in [2.24, 2.45) is 0 Å². The smallest absolute Gasteiger partial charge is 0.349 e. The number of hydrogen-bond acceptors (Lipinski definition) is 6. The fraction of sp³-hybridized carbons (Fsp3) is 0.158. The number of benzene rings is 2. The zero-order valence-electron chi connectivity index (χ0n) is 13.8. The fourth-order valence-electron chi connectivity index (χ4n) is 2.34. The molecule has 0 N–H and O–H groups in total. The normalized spacial score (nSPS) is 10.5. The molecule has 0 aliphatic carbocycles. The summed E-state index contributed by atoms with van der Waals surface area (Å²) in [5.74, 6) is 0.933. The van der Waals surface area contributed by atoms with Crippen LogP contribution in [0.25, 0.3) is 11.0 Å². The van der Waals surface area contributed by atoms with E-state index in [1.165, 1.54) is 6.07 Å². The second kappa shape index (κ2) is 7.09. The lowest BCUT2D eigenvalue weighted by molar-refractivity contribution is -0.136. The third kappa shape index (κ3) is 3.98. The van der Waals surface area contributed by atoms with E-state index in [1.807, 2.05) is 6.92 Å². The topological polar surface area (TPSA) is 75.0 Å². The number of fused-ring (bicyclic) bond motifs is 1. The van der Waals surface area contributed by atoms with Gasteiger partial charge >= 0.3 is 11.6 Å². The van der Waals surface area contributed by atoms with Crippen LogP contribution in [0.1, 0.15) is 5.56 Å². The molecule has 0 amide bonds. The maximum Gasteiger partial charge on any atom is 0.349 e. The molecule has 0 bridgehead atoms. The van der Waals surface area contributed by atoms with Crippen molar-refractivity contribution in [2.75, 3.05) is 13.7 Å². The Bertz CT molecular complexity index is 956. The van der Waals surface area contributed by atoms with Crippen molar-refractivity contribution < 1.29 is 23.4 Å². The van der Waals surface area contributed by atoms with E-state index >= 15 is 0 Å². The first kappa shape index (κ1) is 16.6. The third-order valence-electron chi connectivity index (χ3n) is 3.57. The van der Waals surface area contributed by atoms with Gasteiger partial charge in [-0.3, -0.25) is 0 Å². The molecular weight excluding hydrogens is 324 g/mol. The number of methoxy groups -OCH3 is 1. The second-order valence-corrected chi connectivity index (χ2v) is 5.34. The average Bonchev–Trinajstić information content (AvgIpc) is 2.60. The van der Waals surface area contributed by atoms with Crippen LogP contribution in [0.4, 0.5) is 0 Å². The molecule has 1 aromatic heterocycles. The highest BCUT2D eigenvalue weighted by molar-refractivity contribution is 5.81. The Hall–Kier alpha value is -3.28. The van der Waals surface area contributed by atoms with Crippen molar-refractivity contribution in [3.63, 3.8) is 0 Å². The molecule has 6 heteroatoms. The second-order valence-electron chi connectivity index (χ2n) is 5.34. The molecule has 0 saturated heterocycles. The number of aryl methyl sites for hydroxylation is 1. The summed E-state index contributed by atoms with van der Waals surface area (Å²) >= 11 is 0. The van der Waals surface area contributed by atoms with Crippen LogP contribution < -0.4 is 19.8 Å². The van der Waals surface area contributed by atoms with Crippen molar-refractivity contribution in [2.45, 2.75) is 6.92 Å². The van der Waals surface area contributed by atoms with E-state index in [9.17, 15) is 9.59 Å². The number of hydrogen-bond donors (Lipinski definition) is 0. The third-order valence-corrected chi connectivity index (χ3v) is 3.57. The molecule has 128 valence electrons. The molecule has 0 spiro atoms. The Morgan fingerprint density at radius 3 is 2.40 bits per heavy atom. The molecule has 2 aromatic carbocycles. The van der Waals surface area contributed by atoms with E-state index in [4.69, 9.17) is 18.6 Å². The summed E-state index contributed by atoms with van der Waals surface area (Å²) in [6.07, 6.45) is 0. The summed E-state index contributed by atoms with van der Waals surface area (Å²) in [4.78, 5) is 23.3. The van der Waals surface area contributed by atoms with E-state index in [1.54, 1.807) is 49.6 Å². The molecule has 6 nitrogen and oxygen atoms in total. The summed E-state index contributed by atoms with van der Waals surface area (Å²) in [5, 5.41) is 0.813. The SMILES string of the molecule is COc1ccc(OC(=O)COc2ccc3c(C)cc(=O)oc3c2)cc1. The number of ether oxygens (including phenoxy) is 3. The molecule has 0 unspecified atom stereocenters. The van der Waals surface area contributed by atoms with E-state index in [2.05, 4.69) is 0 Å². The summed E-state index contributed by atoms with van der Waals surface area (Å²) in [5.41, 5.74) is 0.795. The van der Waals surface area contributed by atoms with Gasteiger partial charge < -0.3 is 18.6 Å². The summed E-state index contributed by atoms with van der Waals surface area (Å²) in [6.45, 7) is 1.56. The minimum atomic E-state index is -0.545. The Morgan fingerprint density at radius 1 is 1.00 bits per heavy atom. The standard InChI is InChI=1S/C19H16O6/c1-12-9-18(20)25-17-10-15(7-8-16(12)17)23-11-19(21)24-14-5-3-13(22-2)4-6-14/h3-10H,11H2,1-2H3. The van der Waals surface area contributed by atoms with Crippen LogP contribution in [-0.2, 0) is 4.79 Å². The maximum absolute atomic E-state index is 11.9. The van der Waals surface area contributed by atoms with Gasteiger partial charge in [0.1, 0.15) is 22.8 Å².